The zero-order valence-electron chi connectivity index (χ0n) is 15.6. The fraction of sp³-hybridized carbons (Fsp3) is 0.0909. The quantitative estimate of drug-likeness (QED) is 0.314. The summed E-state index contributed by atoms with van der Waals surface area (Å²) >= 11 is 7.26. The van der Waals surface area contributed by atoms with Crippen molar-refractivity contribution in [2.45, 2.75) is 12.1 Å². The Kier molecular flexibility index (Phi) is 5.74. The van der Waals surface area contributed by atoms with Crippen LogP contribution in [0.2, 0.25) is 5.02 Å². The van der Waals surface area contributed by atoms with Crippen molar-refractivity contribution >= 4 is 29.1 Å². The van der Waals surface area contributed by atoms with Crippen molar-refractivity contribution in [3.05, 3.63) is 89.2 Å². The fourth-order valence-electron chi connectivity index (χ4n) is 2.82. The highest BCUT2D eigenvalue weighted by Crippen LogP contribution is 2.28. The number of thioether (sulfide) groups is 1. The van der Waals surface area contributed by atoms with E-state index in [1.54, 1.807) is 36.7 Å². The lowest BCUT2D eigenvalue weighted by Gasteiger charge is -2.10. The van der Waals surface area contributed by atoms with E-state index in [1.807, 2.05) is 47.9 Å². The van der Waals surface area contributed by atoms with E-state index in [-0.39, 0.29) is 11.5 Å². The molecule has 7 heteroatoms. The number of rotatable bonds is 6. The molecule has 0 spiro atoms. The van der Waals surface area contributed by atoms with E-state index in [0.29, 0.717) is 21.6 Å². The Labute approximate surface area is 177 Å². The lowest BCUT2D eigenvalue weighted by Crippen LogP contribution is -2.05. The van der Waals surface area contributed by atoms with E-state index in [4.69, 9.17) is 11.6 Å². The second kappa shape index (κ2) is 8.59. The summed E-state index contributed by atoms with van der Waals surface area (Å²) in [6.07, 6.45) is 3.47. The number of halogens is 1. The van der Waals surface area contributed by atoms with Gasteiger partial charge in [-0.15, -0.1) is 10.2 Å². The third-order valence-corrected chi connectivity index (χ3v) is 5.52. The van der Waals surface area contributed by atoms with Gasteiger partial charge in [0.2, 0.25) is 0 Å². The van der Waals surface area contributed by atoms with Gasteiger partial charge in [-0.3, -0.25) is 14.3 Å². The minimum absolute atomic E-state index is 0.00745. The molecule has 29 heavy (non-hydrogen) atoms. The van der Waals surface area contributed by atoms with Crippen LogP contribution in [0, 0.1) is 6.92 Å². The van der Waals surface area contributed by atoms with E-state index in [1.165, 1.54) is 11.8 Å². The third-order valence-electron chi connectivity index (χ3n) is 4.34. The Morgan fingerprint density at radius 1 is 1.03 bits per heavy atom. The number of pyridine rings is 1. The van der Waals surface area contributed by atoms with Crippen molar-refractivity contribution in [1.29, 1.82) is 0 Å². The van der Waals surface area contributed by atoms with Gasteiger partial charge in [0.05, 0.1) is 5.75 Å². The molecular formula is C22H17ClN4OS. The molecule has 0 saturated carbocycles. The molecule has 4 rings (SSSR count). The Morgan fingerprint density at radius 3 is 2.48 bits per heavy atom. The van der Waals surface area contributed by atoms with Gasteiger partial charge in [0.25, 0.3) is 0 Å². The molecular weight excluding hydrogens is 404 g/mol. The Bertz CT molecular complexity index is 1130. The van der Waals surface area contributed by atoms with E-state index >= 15 is 0 Å². The maximum atomic E-state index is 12.6. The first-order valence-corrected chi connectivity index (χ1v) is 10.3. The number of aromatic nitrogens is 4. The highest BCUT2D eigenvalue weighted by atomic mass is 35.5. The monoisotopic (exact) mass is 420 g/mol. The molecule has 0 aliphatic carbocycles. The molecule has 0 bridgehead atoms. The number of nitrogens with zero attached hydrogens (tertiary/aromatic N) is 4. The number of hydrogen-bond donors (Lipinski definition) is 0. The van der Waals surface area contributed by atoms with Crippen LogP contribution in [0.3, 0.4) is 0 Å². The van der Waals surface area contributed by atoms with Gasteiger partial charge < -0.3 is 0 Å². The molecule has 0 radical (unpaired) electrons. The summed E-state index contributed by atoms with van der Waals surface area (Å²) in [7, 11) is 0. The normalized spacial score (nSPS) is 10.8. The van der Waals surface area contributed by atoms with Gasteiger partial charge in [-0.1, -0.05) is 41.1 Å². The van der Waals surface area contributed by atoms with Gasteiger partial charge in [-0.2, -0.15) is 0 Å². The zero-order chi connectivity index (χ0) is 20.2. The molecule has 0 aliphatic heterocycles. The lowest BCUT2D eigenvalue weighted by atomic mass is 10.1. The molecule has 0 unspecified atom stereocenters. The number of Topliss-reactive ketones (excluding diaryl/α,β-unsaturated/α-hetero) is 1. The molecule has 0 saturated heterocycles. The fourth-order valence-corrected chi connectivity index (χ4v) is 3.79. The van der Waals surface area contributed by atoms with Crippen molar-refractivity contribution in [2.75, 3.05) is 5.75 Å². The third kappa shape index (κ3) is 4.39. The predicted octanol–water partition coefficient (Wildman–Crippen LogP) is 5.27. The number of carbonyl (C=O) groups excluding carboxylic acids is 1. The largest absolute Gasteiger partial charge is 0.293 e. The van der Waals surface area contributed by atoms with Gasteiger partial charge in [-0.25, -0.2) is 0 Å². The first kappa shape index (κ1) is 19.4. The molecule has 0 atom stereocenters. The number of hydrogen-bond acceptors (Lipinski definition) is 5. The summed E-state index contributed by atoms with van der Waals surface area (Å²) in [5.41, 5.74) is 3.57. The number of carbonyl (C=O) groups is 1. The van der Waals surface area contributed by atoms with Crippen molar-refractivity contribution < 1.29 is 4.79 Å². The van der Waals surface area contributed by atoms with Crippen molar-refractivity contribution in [2.24, 2.45) is 0 Å². The van der Waals surface area contributed by atoms with Gasteiger partial charge >= 0.3 is 0 Å². The maximum Gasteiger partial charge on any atom is 0.196 e. The minimum Gasteiger partial charge on any atom is -0.293 e. The highest BCUT2D eigenvalue weighted by Gasteiger charge is 2.18. The SMILES string of the molecule is Cc1ccc(-n2c(SCC(=O)c3ccc(Cl)cc3)nnc2-c2cccnc2)cc1. The van der Waals surface area contributed by atoms with Crippen LogP contribution < -0.4 is 0 Å². The van der Waals surface area contributed by atoms with Gasteiger partial charge in [-0.05, 0) is 55.5 Å². The first-order valence-electron chi connectivity index (χ1n) is 8.96. The van der Waals surface area contributed by atoms with Crippen LogP contribution in [-0.2, 0) is 0 Å². The average molecular weight is 421 g/mol. The van der Waals surface area contributed by atoms with E-state index in [9.17, 15) is 4.79 Å². The summed E-state index contributed by atoms with van der Waals surface area (Å²) in [6.45, 7) is 2.04. The molecule has 0 fully saturated rings. The van der Waals surface area contributed by atoms with Crippen LogP contribution in [-0.4, -0.2) is 31.3 Å². The van der Waals surface area contributed by atoms with Gasteiger partial charge in [0.1, 0.15) is 0 Å². The number of ketones is 1. The van der Waals surface area contributed by atoms with Crippen LogP contribution in [0.15, 0.2) is 78.2 Å². The van der Waals surface area contributed by atoms with Crippen LogP contribution in [0.1, 0.15) is 15.9 Å². The summed E-state index contributed by atoms with van der Waals surface area (Å²) < 4.78 is 1.95. The van der Waals surface area contributed by atoms with E-state index in [2.05, 4.69) is 15.2 Å². The van der Waals surface area contributed by atoms with E-state index in [0.717, 1.165) is 16.8 Å². The second-order valence-electron chi connectivity index (χ2n) is 6.44. The topological polar surface area (TPSA) is 60.7 Å². The molecule has 0 N–H and O–H groups in total. The summed E-state index contributed by atoms with van der Waals surface area (Å²) in [6, 6.07) is 18.8. The molecule has 2 heterocycles. The van der Waals surface area contributed by atoms with Crippen LogP contribution in [0.25, 0.3) is 17.1 Å². The minimum atomic E-state index is 0.00745. The second-order valence-corrected chi connectivity index (χ2v) is 7.82. The number of benzene rings is 2. The molecule has 2 aromatic carbocycles. The Hall–Kier alpha value is -2.96. The van der Waals surface area contributed by atoms with E-state index < -0.39 is 0 Å². The van der Waals surface area contributed by atoms with Crippen LogP contribution in [0.4, 0.5) is 0 Å². The molecule has 2 aromatic heterocycles. The lowest BCUT2D eigenvalue weighted by molar-refractivity contribution is 0.102. The standard InChI is InChI=1S/C22H17ClN4OS/c1-15-4-10-19(11-5-15)27-21(17-3-2-12-24-13-17)25-26-22(27)29-14-20(28)16-6-8-18(23)9-7-16/h2-13H,14H2,1H3. The smallest absolute Gasteiger partial charge is 0.196 e. The van der Waals surface area contributed by atoms with Crippen LogP contribution >= 0.6 is 23.4 Å². The highest BCUT2D eigenvalue weighted by molar-refractivity contribution is 7.99. The van der Waals surface area contributed by atoms with Gasteiger partial charge in [0.15, 0.2) is 16.8 Å². The first-order chi connectivity index (χ1) is 14.1. The molecule has 0 amide bonds. The summed E-state index contributed by atoms with van der Waals surface area (Å²) in [5.74, 6) is 0.940. The van der Waals surface area contributed by atoms with Gasteiger partial charge in [0, 0.05) is 34.2 Å². The Balaban J connectivity index is 1.66. The summed E-state index contributed by atoms with van der Waals surface area (Å²) in [4.78, 5) is 16.8. The van der Waals surface area contributed by atoms with Crippen LogP contribution in [0.5, 0.6) is 0 Å². The van der Waals surface area contributed by atoms with Crippen molar-refractivity contribution in [3.63, 3.8) is 0 Å². The van der Waals surface area contributed by atoms with Crippen molar-refractivity contribution in [1.82, 2.24) is 19.7 Å². The summed E-state index contributed by atoms with van der Waals surface area (Å²) in [5, 5.41) is 9.97. The molecule has 4 aromatic rings. The maximum absolute atomic E-state index is 12.6. The zero-order valence-corrected chi connectivity index (χ0v) is 17.2. The molecule has 0 aliphatic rings. The average Bonchev–Trinajstić information content (AvgIpc) is 3.17. The number of aryl methyl sites for hydroxylation is 1. The Morgan fingerprint density at radius 2 is 1.79 bits per heavy atom. The van der Waals surface area contributed by atoms with Crippen molar-refractivity contribution in [3.8, 4) is 17.1 Å². The molecule has 5 nitrogen and oxygen atoms in total. The molecule has 144 valence electrons. The predicted molar refractivity (Wildman–Crippen MR) is 116 cm³/mol.